The molecule has 0 aliphatic carbocycles. The quantitative estimate of drug-likeness (QED) is 0.522. The van der Waals surface area contributed by atoms with Gasteiger partial charge in [0.1, 0.15) is 24.3 Å². The van der Waals surface area contributed by atoms with Gasteiger partial charge in [0, 0.05) is 6.42 Å². The van der Waals surface area contributed by atoms with Gasteiger partial charge in [-0.15, -0.1) is 6.58 Å². The standard InChI is InChI=1S/C23H24FNO4/c1-2-5-17-6-3-4-7-21(17)29-15-20(26)14-25-22(27)13-18(23(25)28)12-16-8-10-19(24)11-9-16/h2-4,6-11,18,20,26H,1,5,12-15H2. The van der Waals surface area contributed by atoms with Gasteiger partial charge in [-0.1, -0.05) is 36.4 Å². The van der Waals surface area contributed by atoms with Crippen LogP contribution in [0, 0.1) is 11.7 Å². The summed E-state index contributed by atoms with van der Waals surface area (Å²) in [4.78, 5) is 26.0. The number of nitrogens with zero attached hydrogens (tertiary/aromatic N) is 1. The van der Waals surface area contributed by atoms with E-state index in [4.69, 9.17) is 4.74 Å². The zero-order valence-electron chi connectivity index (χ0n) is 16.1. The van der Waals surface area contributed by atoms with E-state index in [1.54, 1.807) is 24.3 Å². The fourth-order valence-corrected chi connectivity index (χ4v) is 3.43. The molecular formula is C23H24FNO4. The number of carbonyl (C=O) groups excluding carboxylic acids is 2. The average Bonchev–Trinajstić information content (AvgIpc) is 2.96. The molecule has 5 nitrogen and oxygen atoms in total. The van der Waals surface area contributed by atoms with Crippen LogP contribution in [0.3, 0.4) is 0 Å². The molecule has 2 aromatic rings. The summed E-state index contributed by atoms with van der Waals surface area (Å²) < 4.78 is 18.7. The van der Waals surface area contributed by atoms with E-state index in [1.807, 2.05) is 18.2 Å². The first-order valence-electron chi connectivity index (χ1n) is 9.56. The number of benzene rings is 2. The van der Waals surface area contributed by atoms with Crippen molar-refractivity contribution in [3.8, 4) is 5.75 Å². The molecule has 0 bridgehead atoms. The molecule has 1 saturated heterocycles. The zero-order valence-corrected chi connectivity index (χ0v) is 16.1. The Hall–Kier alpha value is -2.99. The van der Waals surface area contributed by atoms with Gasteiger partial charge in [-0.25, -0.2) is 4.39 Å². The summed E-state index contributed by atoms with van der Waals surface area (Å²) in [5.74, 6) is -0.824. The first-order valence-corrected chi connectivity index (χ1v) is 9.56. The van der Waals surface area contributed by atoms with E-state index >= 15 is 0 Å². The second-order valence-electron chi connectivity index (χ2n) is 7.14. The maximum absolute atomic E-state index is 13.0. The van der Waals surface area contributed by atoms with Gasteiger partial charge in [0.15, 0.2) is 0 Å². The van der Waals surface area contributed by atoms with Crippen molar-refractivity contribution in [3.63, 3.8) is 0 Å². The van der Waals surface area contributed by atoms with E-state index in [0.29, 0.717) is 18.6 Å². The molecule has 0 spiro atoms. The van der Waals surface area contributed by atoms with Gasteiger partial charge in [-0.2, -0.15) is 0 Å². The van der Waals surface area contributed by atoms with Crippen LogP contribution in [-0.4, -0.2) is 41.1 Å². The number of carbonyl (C=O) groups is 2. The molecule has 1 fully saturated rings. The number of hydrogen-bond acceptors (Lipinski definition) is 4. The Labute approximate surface area is 169 Å². The molecule has 6 heteroatoms. The summed E-state index contributed by atoms with van der Waals surface area (Å²) >= 11 is 0. The number of aliphatic hydroxyl groups is 1. The van der Waals surface area contributed by atoms with Crippen molar-refractivity contribution in [1.82, 2.24) is 4.90 Å². The van der Waals surface area contributed by atoms with Crippen molar-refractivity contribution in [1.29, 1.82) is 0 Å². The minimum Gasteiger partial charge on any atom is -0.491 e. The Morgan fingerprint density at radius 3 is 2.66 bits per heavy atom. The normalized spacial score (nSPS) is 17.4. The Bertz CT molecular complexity index is 881. The van der Waals surface area contributed by atoms with Crippen molar-refractivity contribution in [2.45, 2.75) is 25.4 Å². The number of imide groups is 1. The van der Waals surface area contributed by atoms with Gasteiger partial charge < -0.3 is 9.84 Å². The highest BCUT2D eigenvalue weighted by Gasteiger charge is 2.39. The zero-order chi connectivity index (χ0) is 20.8. The number of rotatable bonds is 9. The molecule has 1 aliphatic heterocycles. The van der Waals surface area contributed by atoms with E-state index in [9.17, 15) is 19.1 Å². The van der Waals surface area contributed by atoms with Gasteiger partial charge in [-0.05, 0) is 42.2 Å². The lowest BCUT2D eigenvalue weighted by Gasteiger charge is -2.20. The number of β-amino-alcohol motifs (C(OH)–C–C–N with tert-alkyl or cyclic N) is 1. The third kappa shape index (κ3) is 5.29. The summed E-state index contributed by atoms with van der Waals surface area (Å²) in [5.41, 5.74) is 1.74. The number of allylic oxidation sites excluding steroid dienone is 1. The highest BCUT2D eigenvalue weighted by atomic mass is 19.1. The van der Waals surface area contributed by atoms with Crippen LogP contribution in [0.2, 0.25) is 0 Å². The molecule has 29 heavy (non-hydrogen) atoms. The molecule has 3 rings (SSSR count). The largest absolute Gasteiger partial charge is 0.491 e. The van der Waals surface area contributed by atoms with Crippen molar-refractivity contribution >= 4 is 11.8 Å². The third-order valence-electron chi connectivity index (χ3n) is 4.89. The molecule has 2 aromatic carbocycles. The van der Waals surface area contributed by atoms with Crippen LogP contribution >= 0.6 is 0 Å². The highest BCUT2D eigenvalue weighted by molar-refractivity contribution is 6.03. The monoisotopic (exact) mass is 397 g/mol. The third-order valence-corrected chi connectivity index (χ3v) is 4.89. The van der Waals surface area contributed by atoms with Crippen LogP contribution in [0.5, 0.6) is 5.75 Å². The molecule has 1 aliphatic rings. The van der Waals surface area contributed by atoms with Gasteiger partial charge in [0.05, 0.1) is 12.5 Å². The molecular weight excluding hydrogens is 373 g/mol. The van der Waals surface area contributed by atoms with E-state index in [-0.39, 0.29) is 37.2 Å². The predicted molar refractivity (Wildman–Crippen MR) is 107 cm³/mol. The number of halogens is 1. The van der Waals surface area contributed by atoms with Crippen LogP contribution in [0.4, 0.5) is 4.39 Å². The lowest BCUT2D eigenvalue weighted by molar-refractivity contribution is -0.141. The molecule has 1 heterocycles. The second kappa shape index (κ2) is 9.47. The predicted octanol–water partition coefficient (Wildman–Crippen LogP) is 2.91. The second-order valence-corrected chi connectivity index (χ2v) is 7.14. The SMILES string of the molecule is C=CCc1ccccc1OCC(O)CN1C(=O)CC(Cc2ccc(F)cc2)C1=O. The number of para-hydroxylation sites is 1. The Morgan fingerprint density at radius 1 is 1.21 bits per heavy atom. The molecule has 0 saturated carbocycles. The maximum Gasteiger partial charge on any atom is 0.233 e. The van der Waals surface area contributed by atoms with Crippen LogP contribution in [0.25, 0.3) is 0 Å². The minimum absolute atomic E-state index is 0.0339. The molecule has 2 atom stereocenters. The Balaban J connectivity index is 1.55. The smallest absolute Gasteiger partial charge is 0.233 e. The molecule has 0 aromatic heterocycles. The van der Waals surface area contributed by atoms with Crippen LogP contribution in [0.1, 0.15) is 17.5 Å². The first-order chi connectivity index (χ1) is 14.0. The average molecular weight is 397 g/mol. The van der Waals surface area contributed by atoms with Crippen molar-refractivity contribution in [2.24, 2.45) is 5.92 Å². The molecule has 2 unspecified atom stereocenters. The van der Waals surface area contributed by atoms with Gasteiger partial charge in [0.2, 0.25) is 11.8 Å². The summed E-state index contributed by atoms with van der Waals surface area (Å²) in [7, 11) is 0. The van der Waals surface area contributed by atoms with Gasteiger partial charge >= 0.3 is 0 Å². The fourth-order valence-electron chi connectivity index (χ4n) is 3.43. The van der Waals surface area contributed by atoms with E-state index in [1.165, 1.54) is 12.1 Å². The minimum atomic E-state index is -0.996. The highest BCUT2D eigenvalue weighted by Crippen LogP contribution is 2.24. The maximum atomic E-state index is 13.0. The molecule has 0 radical (unpaired) electrons. The van der Waals surface area contributed by atoms with Gasteiger partial charge in [0.25, 0.3) is 0 Å². The number of ether oxygens (including phenoxy) is 1. The van der Waals surface area contributed by atoms with E-state index < -0.39 is 12.0 Å². The van der Waals surface area contributed by atoms with Crippen molar-refractivity contribution in [2.75, 3.05) is 13.2 Å². The van der Waals surface area contributed by atoms with Crippen LogP contribution < -0.4 is 4.74 Å². The van der Waals surface area contributed by atoms with Crippen LogP contribution in [0.15, 0.2) is 61.2 Å². The van der Waals surface area contributed by atoms with Crippen molar-refractivity contribution in [3.05, 3.63) is 78.1 Å². The summed E-state index contributed by atoms with van der Waals surface area (Å²) in [6, 6.07) is 13.3. The fraction of sp³-hybridized carbons (Fsp3) is 0.304. The summed E-state index contributed by atoms with van der Waals surface area (Å²) in [6.07, 6.45) is 1.86. The molecule has 1 N–H and O–H groups in total. The lowest BCUT2D eigenvalue weighted by Crippen LogP contribution is -2.39. The Kier molecular flexibility index (Phi) is 6.77. The van der Waals surface area contributed by atoms with Gasteiger partial charge in [-0.3, -0.25) is 14.5 Å². The van der Waals surface area contributed by atoms with Crippen LogP contribution in [-0.2, 0) is 22.4 Å². The number of likely N-dealkylation sites (tertiary alicyclic amines) is 1. The number of aliphatic hydroxyl groups excluding tert-OH is 1. The Morgan fingerprint density at radius 2 is 1.93 bits per heavy atom. The number of amides is 2. The molecule has 2 amide bonds. The lowest BCUT2D eigenvalue weighted by atomic mass is 9.98. The first kappa shape index (κ1) is 20.7. The summed E-state index contributed by atoms with van der Waals surface area (Å²) in [6.45, 7) is 3.57. The topological polar surface area (TPSA) is 66.8 Å². The number of hydrogen-bond donors (Lipinski definition) is 1. The summed E-state index contributed by atoms with van der Waals surface area (Å²) in [5, 5.41) is 10.3. The van der Waals surface area contributed by atoms with Crippen molar-refractivity contribution < 1.29 is 23.8 Å². The van der Waals surface area contributed by atoms with E-state index in [0.717, 1.165) is 16.0 Å². The molecule has 152 valence electrons. The van der Waals surface area contributed by atoms with E-state index in [2.05, 4.69) is 6.58 Å².